The second-order valence-electron chi connectivity index (χ2n) is 5.96. The van der Waals surface area contributed by atoms with E-state index in [9.17, 15) is 0 Å². The molecule has 5 atom stereocenters. The van der Waals surface area contributed by atoms with Crippen molar-refractivity contribution < 1.29 is 0 Å². The third kappa shape index (κ3) is 2.98. The molecule has 0 heteroatoms. The predicted octanol–water partition coefficient (Wildman–Crippen LogP) is 5.13. The van der Waals surface area contributed by atoms with E-state index in [1.165, 1.54) is 32.1 Å². The van der Waals surface area contributed by atoms with Crippen LogP contribution in [0, 0.1) is 29.6 Å². The molecule has 90 valence electrons. The minimum Gasteiger partial charge on any atom is -0.0654 e. The SMILES string of the molecule is CCCC(C)CC1C(C)C(C)C1CCC. The molecule has 1 aliphatic rings. The fourth-order valence-corrected chi connectivity index (χ4v) is 3.69. The van der Waals surface area contributed by atoms with E-state index in [1.54, 1.807) is 0 Å². The first-order valence-electron chi connectivity index (χ1n) is 7.11. The molecular weight excluding hydrogens is 180 g/mol. The molecule has 0 aliphatic heterocycles. The van der Waals surface area contributed by atoms with Gasteiger partial charge < -0.3 is 0 Å². The molecule has 15 heavy (non-hydrogen) atoms. The van der Waals surface area contributed by atoms with Gasteiger partial charge in [-0.05, 0) is 36.0 Å². The average molecular weight is 210 g/mol. The van der Waals surface area contributed by atoms with Crippen LogP contribution in [0.2, 0.25) is 0 Å². The Bertz CT molecular complexity index is 173. The van der Waals surface area contributed by atoms with E-state index >= 15 is 0 Å². The van der Waals surface area contributed by atoms with Crippen molar-refractivity contribution in [3.8, 4) is 0 Å². The lowest BCUT2D eigenvalue weighted by molar-refractivity contribution is -0.0195. The van der Waals surface area contributed by atoms with Crippen molar-refractivity contribution in [3.63, 3.8) is 0 Å². The van der Waals surface area contributed by atoms with Gasteiger partial charge in [0, 0.05) is 0 Å². The monoisotopic (exact) mass is 210 g/mol. The highest BCUT2D eigenvalue weighted by atomic mass is 14.5. The van der Waals surface area contributed by atoms with Crippen LogP contribution in [0.4, 0.5) is 0 Å². The molecule has 0 N–H and O–H groups in total. The molecule has 1 aliphatic carbocycles. The van der Waals surface area contributed by atoms with Crippen LogP contribution in [-0.4, -0.2) is 0 Å². The summed E-state index contributed by atoms with van der Waals surface area (Å²) in [7, 11) is 0. The summed E-state index contributed by atoms with van der Waals surface area (Å²) >= 11 is 0. The zero-order valence-electron chi connectivity index (χ0n) is 11.4. The van der Waals surface area contributed by atoms with E-state index < -0.39 is 0 Å². The Kier molecular flexibility index (Phi) is 5.15. The van der Waals surface area contributed by atoms with Crippen LogP contribution >= 0.6 is 0 Å². The van der Waals surface area contributed by atoms with E-state index in [1.807, 2.05) is 0 Å². The zero-order valence-corrected chi connectivity index (χ0v) is 11.4. The Morgan fingerprint density at radius 3 is 2.07 bits per heavy atom. The van der Waals surface area contributed by atoms with Gasteiger partial charge in [-0.25, -0.2) is 0 Å². The van der Waals surface area contributed by atoms with Gasteiger partial charge in [0.15, 0.2) is 0 Å². The van der Waals surface area contributed by atoms with Crippen molar-refractivity contribution in [2.24, 2.45) is 29.6 Å². The van der Waals surface area contributed by atoms with Crippen molar-refractivity contribution in [1.82, 2.24) is 0 Å². The van der Waals surface area contributed by atoms with E-state index in [2.05, 4.69) is 34.6 Å². The van der Waals surface area contributed by atoms with Crippen LogP contribution < -0.4 is 0 Å². The minimum absolute atomic E-state index is 0.953. The standard InChI is InChI=1S/C15H30/c1-6-8-11(3)10-15-13(5)12(4)14(15)9-7-2/h11-15H,6-10H2,1-5H3. The van der Waals surface area contributed by atoms with Crippen molar-refractivity contribution in [2.45, 2.75) is 66.7 Å². The highest BCUT2D eigenvalue weighted by Gasteiger charge is 2.43. The first-order chi connectivity index (χ1) is 7.11. The van der Waals surface area contributed by atoms with Crippen LogP contribution in [-0.2, 0) is 0 Å². The maximum Gasteiger partial charge on any atom is -0.0352 e. The number of hydrogen-bond donors (Lipinski definition) is 0. The van der Waals surface area contributed by atoms with E-state index in [0.29, 0.717) is 0 Å². The summed E-state index contributed by atoms with van der Waals surface area (Å²) in [5.74, 6) is 5.02. The normalized spacial score (nSPS) is 37.4. The Morgan fingerprint density at radius 1 is 0.933 bits per heavy atom. The fourth-order valence-electron chi connectivity index (χ4n) is 3.69. The summed E-state index contributed by atoms with van der Waals surface area (Å²) < 4.78 is 0. The third-order valence-corrected chi connectivity index (χ3v) is 4.81. The van der Waals surface area contributed by atoms with Crippen molar-refractivity contribution in [3.05, 3.63) is 0 Å². The quantitative estimate of drug-likeness (QED) is 0.570. The first kappa shape index (κ1) is 13.1. The highest BCUT2D eigenvalue weighted by molar-refractivity contribution is 4.92. The topological polar surface area (TPSA) is 0 Å². The second kappa shape index (κ2) is 5.92. The fraction of sp³-hybridized carbons (Fsp3) is 1.00. The summed E-state index contributed by atoms with van der Waals surface area (Å²) in [5, 5.41) is 0. The van der Waals surface area contributed by atoms with Crippen LogP contribution in [0.25, 0.3) is 0 Å². The van der Waals surface area contributed by atoms with E-state index in [-0.39, 0.29) is 0 Å². The van der Waals surface area contributed by atoms with Crippen LogP contribution in [0.15, 0.2) is 0 Å². The molecule has 5 unspecified atom stereocenters. The lowest BCUT2D eigenvalue weighted by Crippen LogP contribution is -2.44. The molecule has 0 amide bonds. The largest absolute Gasteiger partial charge is 0.0654 e. The Labute approximate surface area is 96.8 Å². The molecule has 0 bridgehead atoms. The average Bonchev–Trinajstić information content (AvgIpc) is 2.23. The Hall–Kier alpha value is 0. The van der Waals surface area contributed by atoms with Crippen molar-refractivity contribution in [2.75, 3.05) is 0 Å². The van der Waals surface area contributed by atoms with Crippen LogP contribution in [0.1, 0.15) is 66.7 Å². The predicted molar refractivity (Wildman–Crippen MR) is 68.9 cm³/mol. The van der Waals surface area contributed by atoms with Gasteiger partial charge in [-0.1, -0.05) is 60.3 Å². The van der Waals surface area contributed by atoms with Gasteiger partial charge in [0.2, 0.25) is 0 Å². The lowest BCUT2D eigenvalue weighted by atomic mass is 9.54. The summed E-state index contributed by atoms with van der Waals surface area (Å²) in [6, 6.07) is 0. The Balaban J connectivity index is 2.38. The third-order valence-electron chi connectivity index (χ3n) is 4.81. The molecule has 1 fully saturated rings. The molecule has 0 radical (unpaired) electrons. The second-order valence-corrected chi connectivity index (χ2v) is 5.96. The molecule has 0 spiro atoms. The van der Waals surface area contributed by atoms with Crippen LogP contribution in [0.5, 0.6) is 0 Å². The van der Waals surface area contributed by atoms with E-state index in [0.717, 1.165) is 29.6 Å². The number of hydrogen-bond acceptors (Lipinski definition) is 0. The van der Waals surface area contributed by atoms with Gasteiger partial charge in [0.1, 0.15) is 0 Å². The van der Waals surface area contributed by atoms with Gasteiger partial charge >= 0.3 is 0 Å². The molecule has 0 heterocycles. The summed E-state index contributed by atoms with van der Waals surface area (Å²) in [6.45, 7) is 12.0. The molecule has 0 aromatic carbocycles. The molecule has 0 saturated heterocycles. The maximum absolute atomic E-state index is 2.47. The minimum atomic E-state index is 0.953. The molecular formula is C15H30. The van der Waals surface area contributed by atoms with E-state index in [4.69, 9.17) is 0 Å². The molecule has 1 rings (SSSR count). The smallest absolute Gasteiger partial charge is 0.0352 e. The summed E-state index contributed by atoms with van der Waals surface area (Å²) in [6.07, 6.45) is 7.12. The highest BCUT2D eigenvalue weighted by Crippen LogP contribution is 2.50. The van der Waals surface area contributed by atoms with Gasteiger partial charge in [-0.3, -0.25) is 0 Å². The molecule has 0 nitrogen and oxygen atoms in total. The summed E-state index contributed by atoms with van der Waals surface area (Å²) in [4.78, 5) is 0. The van der Waals surface area contributed by atoms with Gasteiger partial charge in [-0.2, -0.15) is 0 Å². The van der Waals surface area contributed by atoms with Crippen molar-refractivity contribution in [1.29, 1.82) is 0 Å². The Morgan fingerprint density at radius 2 is 1.53 bits per heavy atom. The number of rotatable bonds is 6. The lowest BCUT2D eigenvalue weighted by Gasteiger charge is -2.51. The van der Waals surface area contributed by atoms with Crippen LogP contribution in [0.3, 0.4) is 0 Å². The molecule has 0 aromatic rings. The molecule has 0 aromatic heterocycles. The summed E-state index contributed by atoms with van der Waals surface area (Å²) in [5.41, 5.74) is 0. The molecule has 1 saturated carbocycles. The van der Waals surface area contributed by atoms with Crippen molar-refractivity contribution >= 4 is 0 Å². The zero-order chi connectivity index (χ0) is 11.4. The first-order valence-corrected chi connectivity index (χ1v) is 7.11. The van der Waals surface area contributed by atoms with Gasteiger partial charge in [0.25, 0.3) is 0 Å². The maximum atomic E-state index is 2.47. The van der Waals surface area contributed by atoms with Gasteiger partial charge in [-0.15, -0.1) is 0 Å². The van der Waals surface area contributed by atoms with Gasteiger partial charge in [0.05, 0.1) is 0 Å².